The molecule has 1 aliphatic heterocycles. The highest BCUT2D eigenvalue weighted by Gasteiger charge is 2.24. The summed E-state index contributed by atoms with van der Waals surface area (Å²) < 4.78 is 14.7. The summed E-state index contributed by atoms with van der Waals surface area (Å²) >= 11 is 0. The second-order valence-corrected chi connectivity index (χ2v) is 7.52. The first-order chi connectivity index (χ1) is 14.4. The van der Waals surface area contributed by atoms with Crippen LogP contribution in [0.15, 0.2) is 24.4 Å². The Hall–Kier alpha value is -3.43. The standard InChI is InChI=1S/C20H24FN7O2/c1-12(29)27-6-8-28(9-7-27)17-5-4-14(10-16(17)21)25-20-23-11-15(18(22)30)19(26-20)24-13-2-3-13/h4-5,10-11,13H,2-3,6-9H2,1H3,(H2,22,30)(H2,23,24,25,26). The number of amides is 2. The van der Waals surface area contributed by atoms with Crippen molar-refractivity contribution in [2.75, 3.05) is 41.7 Å². The van der Waals surface area contributed by atoms with Gasteiger partial charge in [0, 0.05) is 51.0 Å². The molecule has 0 atom stereocenters. The first-order valence-electron chi connectivity index (χ1n) is 9.91. The number of anilines is 4. The summed E-state index contributed by atoms with van der Waals surface area (Å²) in [5, 5.41) is 6.14. The molecule has 1 aliphatic carbocycles. The summed E-state index contributed by atoms with van der Waals surface area (Å²) in [5.41, 5.74) is 6.59. The molecule has 0 radical (unpaired) electrons. The van der Waals surface area contributed by atoms with E-state index in [1.807, 2.05) is 4.90 Å². The molecule has 9 nitrogen and oxygen atoms in total. The zero-order valence-electron chi connectivity index (χ0n) is 16.7. The highest BCUT2D eigenvalue weighted by molar-refractivity contribution is 5.97. The molecule has 0 bridgehead atoms. The fourth-order valence-electron chi connectivity index (χ4n) is 3.39. The van der Waals surface area contributed by atoms with E-state index in [-0.39, 0.29) is 29.3 Å². The lowest BCUT2D eigenvalue weighted by molar-refractivity contribution is -0.129. The average molecular weight is 413 g/mol. The molecule has 30 heavy (non-hydrogen) atoms. The Balaban J connectivity index is 1.47. The zero-order valence-corrected chi connectivity index (χ0v) is 16.7. The lowest BCUT2D eigenvalue weighted by Crippen LogP contribution is -2.48. The van der Waals surface area contributed by atoms with Gasteiger partial charge in [-0.1, -0.05) is 0 Å². The van der Waals surface area contributed by atoms with Crippen LogP contribution in [0.3, 0.4) is 0 Å². The predicted octanol–water partition coefficient (Wildman–Crippen LogP) is 1.70. The molecule has 2 aliphatic rings. The van der Waals surface area contributed by atoms with E-state index < -0.39 is 5.91 Å². The maximum Gasteiger partial charge on any atom is 0.254 e. The maximum absolute atomic E-state index is 14.7. The number of benzene rings is 1. The number of nitrogens with two attached hydrogens (primary N) is 1. The van der Waals surface area contributed by atoms with E-state index in [0.717, 1.165) is 12.8 Å². The first-order valence-corrected chi connectivity index (χ1v) is 9.91. The monoisotopic (exact) mass is 413 g/mol. The van der Waals surface area contributed by atoms with Crippen molar-refractivity contribution < 1.29 is 14.0 Å². The number of hydrogen-bond donors (Lipinski definition) is 3. The normalized spacial score (nSPS) is 16.3. The van der Waals surface area contributed by atoms with Gasteiger partial charge in [-0.25, -0.2) is 9.37 Å². The number of hydrogen-bond acceptors (Lipinski definition) is 7. The predicted molar refractivity (Wildman–Crippen MR) is 111 cm³/mol. The van der Waals surface area contributed by atoms with Crippen molar-refractivity contribution >= 4 is 35.0 Å². The van der Waals surface area contributed by atoms with Gasteiger partial charge in [0.25, 0.3) is 5.91 Å². The molecule has 158 valence electrons. The number of rotatable bonds is 6. The van der Waals surface area contributed by atoms with E-state index in [2.05, 4.69) is 20.6 Å². The van der Waals surface area contributed by atoms with Crippen molar-refractivity contribution in [2.24, 2.45) is 5.73 Å². The topological polar surface area (TPSA) is 116 Å². The summed E-state index contributed by atoms with van der Waals surface area (Å²) in [5.74, 6) is -0.327. The van der Waals surface area contributed by atoms with Crippen LogP contribution >= 0.6 is 0 Å². The minimum absolute atomic E-state index is 0.0348. The number of primary amides is 1. The summed E-state index contributed by atoms with van der Waals surface area (Å²) in [4.78, 5) is 35.2. The average Bonchev–Trinajstić information content (AvgIpc) is 3.52. The highest BCUT2D eigenvalue weighted by Crippen LogP contribution is 2.28. The van der Waals surface area contributed by atoms with Gasteiger partial charge in [-0.15, -0.1) is 0 Å². The third-order valence-corrected chi connectivity index (χ3v) is 5.24. The van der Waals surface area contributed by atoms with Gasteiger partial charge in [-0.3, -0.25) is 9.59 Å². The lowest BCUT2D eigenvalue weighted by Gasteiger charge is -2.35. The van der Waals surface area contributed by atoms with Crippen molar-refractivity contribution in [3.05, 3.63) is 35.8 Å². The van der Waals surface area contributed by atoms with Crippen molar-refractivity contribution in [3.63, 3.8) is 0 Å². The smallest absolute Gasteiger partial charge is 0.254 e. The Bertz CT molecular complexity index is 972. The number of carbonyl (C=O) groups excluding carboxylic acids is 2. The number of piperazine rings is 1. The Morgan fingerprint density at radius 3 is 2.53 bits per heavy atom. The molecule has 2 heterocycles. The van der Waals surface area contributed by atoms with Gasteiger partial charge in [-0.05, 0) is 31.0 Å². The Kier molecular flexibility index (Phi) is 5.39. The van der Waals surface area contributed by atoms with Crippen LogP contribution in [-0.4, -0.2) is 58.9 Å². The number of halogens is 1. The molecule has 10 heteroatoms. The van der Waals surface area contributed by atoms with Gasteiger partial charge < -0.3 is 26.2 Å². The van der Waals surface area contributed by atoms with E-state index in [4.69, 9.17) is 5.73 Å². The lowest BCUT2D eigenvalue weighted by atomic mass is 10.2. The molecule has 1 saturated carbocycles. The Labute approximate surface area is 173 Å². The van der Waals surface area contributed by atoms with Crippen molar-refractivity contribution in [3.8, 4) is 0 Å². The van der Waals surface area contributed by atoms with Gasteiger partial charge >= 0.3 is 0 Å². The Morgan fingerprint density at radius 1 is 1.20 bits per heavy atom. The van der Waals surface area contributed by atoms with Crippen LogP contribution in [-0.2, 0) is 4.79 Å². The zero-order chi connectivity index (χ0) is 21.3. The number of nitrogens with one attached hydrogen (secondary N) is 2. The van der Waals surface area contributed by atoms with Gasteiger partial charge in [0.1, 0.15) is 11.6 Å². The molecule has 2 aromatic rings. The second kappa shape index (κ2) is 8.13. The van der Waals surface area contributed by atoms with Crippen LogP contribution in [0.2, 0.25) is 0 Å². The van der Waals surface area contributed by atoms with Crippen molar-refractivity contribution in [1.82, 2.24) is 14.9 Å². The largest absolute Gasteiger partial charge is 0.367 e. The molecule has 1 aromatic heterocycles. The van der Waals surface area contributed by atoms with E-state index in [1.165, 1.54) is 12.3 Å². The molecule has 2 fully saturated rings. The van der Waals surface area contributed by atoms with E-state index >= 15 is 0 Å². The van der Waals surface area contributed by atoms with Gasteiger partial charge in [0.15, 0.2) is 0 Å². The van der Waals surface area contributed by atoms with Crippen LogP contribution in [0.1, 0.15) is 30.1 Å². The van der Waals surface area contributed by atoms with Crippen molar-refractivity contribution in [2.45, 2.75) is 25.8 Å². The van der Waals surface area contributed by atoms with Crippen LogP contribution in [0.4, 0.5) is 27.5 Å². The van der Waals surface area contributed by atoms with Crippen LogP contribution in [0, 0.1) is 5.82 Å². The summed E-state index contributed by atoms with van der Waals surface area (Å²) in [6.07, 6.45) is 3.39. The third-order valence-electron chi connectivity index (χ3n) is 5.24. The minimum Gasteiger partial charge on any atom is -0.367 e. The first kappa shape index (κ1) is 19.9. The summed E-state index contributed by atoms with van der Waals surface area (Å²) in [6.45, 7) is 3.85. The van der Waals surface area contributed by atoms with E-state index in [9.17, 15) is 14.0 Å². The quantitative estimate of drug-likeness (QED) is 0.660. The molecule has 1 aromatic carbocycles. The van der Waals surface area contributed by atoms with Crippen LogP contribution in [0.25, 0.3) is 0 Å². The summed E-state index contributed by atoms with van der Waals surface area (Å²) in [7, 11) is 0. The molecular formula is C20H24FN7O2. The molecule has 4 rings (SSSR count). The van der Waals surface area contributed by atoms with E-state index in [1.54, 1.807) is 24.0 Å². The molecule has 4 N–H and O–H groups in total. The molecular weight excluding hydrogens is 389 g/mol. The fraction of sp³-hybridized carbons (Fsp3) is 0.400. The molecule has 2 amide bonds. The second-order valence-electron chi connectivity index (χ2n) is 7.52. The fourth-order valence-corrected chi connectivity index (χ4v) is 3.39. The van der Waals surface area contributed by atoms with Gasteiger partial charge in [0.05, 0.1) is 11.3 Å². The minimum atomic E-state index is -0.607. The number of carbonyl (C=O) groups is 2. The maximum atomic E-state index is 14.7. The van der Waals surface area contributed by atoms with E-state index in [0.29, 0.717) is 43.4 Å². The van der Waals surface area contributed by atoms with Crippen molar-refractivity contribution in [1.29, 1.82) is 0 Å². The molecule has 1 saturated heterocycles. The molecule has 0 spiro atoms. The highest BCUT2D eigenvalue weighted by atomic mass is 19.1. The number of aromatic nitrogens is 2. The van der Waals surface area contributed by atoms with Gasteiger partial charge in [0.2, 0.25) is 11.9 Å². The SMILES string of the molecule is CC(=O)N1CCN(c2ccc(Nc3ncc(C(N)=O)c(NC4CC4)n3)cc2F)CC1. The Morgan fingerprint density at radius 2 is 1.93 bits per heavy atom. The van der Waals surface area contributed by atoms with Crippen LogP contribution in [0.5, 0.6) is 0 Å². The third kappa shape index (κ3) is 4.42. The van der Waals surface area contributed by atoms with Gasteiger partial charge in [-0.2, -0.15) is 4.98 Å². The number of nitrogens with zero attached hydrogens (tertiary/aromatic N) is 4. The molecule has 0 unspecified atom stereocenters. The van der Waals surface area contributed by atoms with Crippen LogP contribution < -0.4 is 21.3 Å². The summed E-state index contributed by atoms with van der Waals surface area (Å²) in [6, 6.07) is 5.11.